The van der Waals surface area contributed by atoms with E-state index >= 15 is 0 Å². The van der Waals surface area contributed by atoms with Crippen LogP contribution >= 0.6 is 12.2 Å². The highest BCUT2D eigenvalue weighted by molar-refractivity contribution is 7.81. The highest BCUT2D eigenvalue weighted by Crippen LogP contribution is 2.41. The number of methoxy groups -OCH3 is 1. The van der Waals surface area contributed by atoms with Crippen molar-refractivity contribution in [1.29, 1.82) is 0 Å². The minimum atomic E-state index is -4.45. The Kier molecular flexibility index (Phi) is 5.58. The van der Waals surface area contributed by atoms with Crippen LogP contribution < -0.4 is 14.5 Å². The number of rotatable bonds is 3. The maximum absolute atomic E-state index is 13.5. The summed E-state index contributed by atoms with van der Waals surface area (Å²) in [5.74, 6) is 0.482. The van der Waals surface area contributed by atoms with Crippen molar-refractivity contribution in [3.63, 3.8) is 0 Å². The summed E-state index contributed by atoms with van der Waals surface area (Å²) in [4.78, 5) is 8.66. The lowest BCUT2D eigenvalue weighted by atomic mass is 10.0. The summed E-state index contributed by atoms with van der Waals surface area (Å²) in [5.41, 5.74) is 4.65. The molecule has 1 aliphatic heterocycles. The van der Waals surface area contributed by atoms with Crippen molar-refractivity contribution >= 4 is 34.3 Å². The number of pyridine rings is 1. The van der Waals surface area contributed by atoms with E-state index in [1.54, 1.807) is 13.2 Å². The quantitative estimate of drug-likeness (QED) is 0.429. The normalized spacial score (nSPS) is 13.9. The third-order valence-corrected chi connectivity index (χ3v) is 5.99. The Labute approximate surface area is 190 Å². The Hall–Kier alpha value is -3.13. The molecule has 0 radical (unpaired) electrons. The minimum absolute atomic E-state index is 0.256. The molecule has 0 aliphatic carbocycles. The maximum Gasteiger partial charge on any atom is 0.416 e. The summed E-state index contributed by atoms with van der Waals surface area (Å²) >= 11 is 5.74. The molecule has 0 bridgehead atoms. The lowest BCUT2D eigenvalue weighted by Gasteiger charge is -2.41. The van der Waals surface area contributed by atoms with Crippen LogP contribution in [-0.4, -0.2) is 23.8 Å². The van der Waals surface area contributed by atoms with E-state index in [1.807, 2.05) is 54.8 Å². The van der Waals surface area contributed by atoms with Crippen molar-refractivity contribution in [1.82, 2.24) is 4.98 Å². The topological polar surface area (TPSA) is 28.6 Å². The predicted octanol–water partition coefficient (Wildman–Crippen LogP) is 6.33. The van der Waals surface area contributed by atoms with Crippen LogP contribution in [0.25, 0.3) is 0 Å². The van der Waals surface area contributed by atoms with E-state index in [2.05, 4.69) is 4.98 Å². The van der Waals surface area contributed by atoms with Gasteiger partial charge in [-0.25, -0.2) is 4.98 Å². The molecule has 0 fully saturated rings. The maximum atomic E-state index is 13.5. The minimum Gasteiger partial charge on any atom is -0.481 e. The van der Waals surface area contributed by atoms with Crippen LogP contribution in [-0.2, 0) is 6.18 Å². The summed E-state index contributed by atoms with van der Waals surface area (Å²) in [6.45, 7) is 6.04. The second-order valence-electron chi connectivity index (χ2n) is 7.78. The molecule has 0 saturated heterocycles. The predicted molar refractivity (Wildman–Crippen MR) is 124 cm³/mol. The first-order chi connectivity index (χ1) is 15.1. The van der Waals surface area contributed by atoms with Crippen molar-refractivity contribution < 1.29 is 17.9 Å². The van der Waals surface area contributed by atoms with Gasteiger partial charge in [-0.2, -0.15) is 13.2 Å². The van der Waals surface area contributed by atoms with Crippen molar-refractivity contribution in [3.05, 3.63) is 76.5 Å². The van der Waals surface area contributed by atoms with Gasteiger partial charge in [0.05, 0.1) is 29.7 Å². The number of fused-ring (bicyclic) bond motifs is 1. The molecule has 32 heavy (non-hydrogen) atoms. The smallest absolute Gasteiger partial charge is 0.416 e. The fourth-order valence-corrected chi connectivity index (χ4v) is 4.30. The van der Waals surface area contributed by atoms with E-state index in [9.17, 15) is 13.2 Å². The number of alkyl halides is 3. The number of thiocarbonyl (C=S) groups is 1. The first-order valence-electron chi connectivity index (χ1n) is 9.99. The zero-order valence-electron chi connectivity index (χ0n) is 18.1. The Morgan fingerprint density at radius 2 is 1.62 bits per heavy atom. The first kappa shape index (κ1) is 22.1. The summed E-state index contributed by atoms with van der Waals surface area (Å²) < 4.78 is 45.7. The van der Waals surface area contributed by atoms with Gasteiger partial charge in [0.1, 0.15) is 11.7 Å². The summed E-state index contributed by atoms with van der Waals surface area (Å²) in [7, 11) is 1.54. The fourth-order valence-electron chi connectivity index (χ4n) is 3.97. The van der Waals surface area contributed by atoms with Crippen LogP contribution in [0, 0.1) is 20.8 Å². The molecular formula is C24H22F3N3OS. The SMILES string of the molecule is COc1ccc(N2CN(c3ccc(C)cc3C)c3cc(C(F)(F)F)ccc3C2=S)c(C)n1. The standard InChI is InChI=1S/C24H22F3N3OS/c1-14-5-8-19(15(2)11-14)29-13-30(20-9-10-22(31-4)28-16(20)3)23(32)18-7-6-17(12-21(18)29)24(25,26)27/h5-12H,13H2,1-4H3. The molecule has 0 saturated carbocycles. The third kappa shape index (κ3) is 3.90. The number of anilines is 3. The highest BCUT2D eigenvalue weighted by Gasteiger charge is 2.35. The summed E-state index contributed by atoms with van der Waals surface area (Å²) in [5, 5.41) is 0. The number of aromatic nitrogens is 1. The number of aryl methyl sites for hydroxylation is 3. The highest BCUT2D eigenvalue weighted by atomic mass is 32.1. The second-order valence-corrected chi connectivity index (χ2v) is 8.17. The molecule has 0 unspecified atom stereocenters. The average molecular weight is 458 g/mol. The fraction of sp³-hybridized carbons (Fsp3) is 0.250. The van der Waals surface area contributed by atoms with Crippen LogP contribution in [0.5, 0.6) is 5.88 Å². The van der Waals surface area contributed by atoms with Crippen LogP contribution in [0.15, 0.2) is 48.5 Å². The van der Waals surface area contributed by atoms with Crippen molar-refractivity contribution in [2.75, 3.05) is 23.6 Å². The van der Waals surface area contributed by atoms with Crippen molar-refractivity contribution in [2.24, 2.45) is 0 Å². The number of halogens is 3. The molecule has 4 nitrogen and oxygen atoms in total. The summed E-state index contributed by atoms with van der Waals surface area (Å²) in [6.07, 6.45) is -4.45. The van der Waals surface area contributed by atoms with E-state index < -0.39 is 11.7 Å². The molecule has 166 valence electrons. The van der Waals surface area contributed by atoms with Crippen LogP contribution in [0.3, 0.4) is 0 Å². The Balaban J connectivity index is 1.90. The van der Waals surface area contributed by atoms with Crippen LogP contribution in [0.2, 0.25) is 0 Å². The molecule has 0 atom stereocenters. The molecule has 2 aromatic carbocycles. The van der Waals surface area contributed by atoms with Gasteiger partial charge in [-0.15, -0.1) is 0 Å². The monoisotopic (exact) mass is 457 g/mol. The van der Waals surface area contributed by atoms with E-state index in [0.717, 1.165) is 28.6 Å². The molecule has 8 heteroatoms. The first-order valence-corrected chi connectivity index (χ1v) is 10.4. The zero-order chi connectivity index (χ0) is 23.2. The van der Waals surface area contributed by atoms with Crippen LogP contribution in [0.4, 0.5) is 30.2 Å². The van der Waals surface area contributed by atoms with E-state index in [0.29, 0.717) is 27.8 Å². The third-order valence-electron chi connectivity index (χ3n) is 5.55. The Bertz CT molecular complexity index is 1210. The largest absolute Gasteiger partial charge is 0.481 e. The van der Waals surface area contributed by atoms with Gasteiger partial charge in [0.25, 0.3) is 0 Å². The van der Waals surface area contributed by atoms with Gasteiger partial charge in [-0.1, -0.05) is 29.9 Å². The Morgan fingerprint density at radius 3 is 2.25 bits per heavy atom. The number of benzene rings is 2. The van der Waals surface area contributed by atoms with Crippen LogP contribution in [0.1, 0.15) is 27.9 Å². The number of nitrogens with zero attached hydrogens (tertiary/aromatic N) is 3. The Morgan fingerprint density at radius 1 is 0.906 bits per heavy atom. The number of hydrogen-bond acceptors (Lipinski definition) is 4. The van der Waals surface area contributed by atoms with Gasteiger partial charge in [0, 0.05) is 17.3 Å². The molecule has 3 aromatic rings. The molecule has 1 aromatic heterocycles. The number of hydrogen-bond donors (Lipinski definition) is 0. The molecular weight excluding hydrogens is 435 g/mol. The zero-order valence-corrected chi connectivity index (χ0v) is 18.9. The van der Waals surface area contributed by atoms with Gasteiger partial charge in [-0.3, -0.25) is 0 Å². The second kappa shape index (κ2) is 8.09. The van der Waals surface area contributed by atoms with Gasteiger partial charge in [0.2, 0.25) is 5.88 Å². The molecule has 0 N–H and O–H groups in total. The molecule has 2 heterocycles. The van der Waals surface area contributed by atoms with Gasteiger partial charge in [0.15, 0.2) is 0 Å². The van der Waals surface area contributed by atoms with E-state index in [-0.39, 0.29) is 6.67 Å². The molecule has 1 aliphatic rings. The van der Waals surface area contributed by atoms with Crippen molar-refractivity contribution in [2.45, 2.75) is 26.9 Å². The lowest BCUT2D eigenvalue weighted by Crippen LogP contribution is -2.45. The van der Waals surface area contributed by atoms with E-state index in [1.165, 1.54) is 12.1 Å². The average Bonchev–Trinajstić information content (AvgIpc) is 2.74. The van der Waals surface area contributed by atoms with Gasteiger partial charge in [-0.05, 0) is 56.7 Å². The molecule has 4 rings (SSSR count). The number of ether oxygens (including phenoxy) is 1. The van der Waals surface area contributed by atoms with Gasteiger partial charge < -0.3 is 14.5 Å². The molecule has 0 spiro atoms. The summed E-state index contributed by atoms with van der Waals surface area (Å²) in [6, 6.07) is 13.2. The van der Waals surface area contributed by atoms with Crippen molar-refractivity contribution in [3.8, 4) is 5.88 Å². The van der Waals surface area contributed by atoms with E-state index in [4.69, 9.17) is 17.0 Å². The van der Waals surface area contributed by atoms with Gasteiger partial charge >= 0.3 is 6.18 Å². The lowest BCUT2D eigenvalue weighted by molar-refractivity contribution is -0.137. The molecule has 0 amide bonds.